The molecule has 26 heteroatoms. The molecule has 0 amide bonds. The van der Waals surface area contributed by atoms with Gasteiger partial charge >= 0.3 is 0 Å². The largest absolute Gasteiger partial charge is 0.378 e. The van der Waals surface area contributed by atoms with Crippen molar-refractivity contribution >= 4 is 87.3 Å². The first-order valence-electron chi connectivity index (χ1n) is 22.6. The Balaban J connectivity index is 0.000000160. The number of ether oxygens (including phenoxy) is 2. The van der Waals surface area contributed by atoms with E-state index in [4.69, 9.17) is 46.7 Å². The minimum absolute atomic E-state index is 0.176. The van der Waals surface area contributed by atoms with Crippen LogP contribution in [0, 0.1) is 0 Å². The number of fused-ring (bicyclic) bond motifs is 3. The first kappa shape index (κ1) is 47.5. The Morgan fingerprint density at radius 3 is 1.97 bits per heavy atom. The normalized spacial score (nSPS) is 18.6. The number of halogens is 1. The zero-order chi connectivity index (χ0) is 47.9. The van der Waals surface area contributed by atoms with Gasteiger partial charge in [-0.25, -0.2) is 46.7 Å². The molecule has 366 valence electrons. The maximum atomic E-state index is 11.8. The lowest BCUT2D eigenvalue weighted by atomic mass is 10.1. The van der Waals surface area contributed by atoms with E-state index in [0.717, 1.165) is 70.9 Å². The molecule has 6 aromatic heterocycles. The van der Waals surface area contributed by atoms with Gasteiger partial charge in [-0.2, -0.15) is 13.7 Å². The number of hydrogen-bond donors (Lipinski definition) is 2. The topological polar surface area (TPSA) is 243 Å². The van der Waals surface area contributed by atoms with Crippen LogP contribution < -0.4 is 15.5 Å². The lowest BCUT2D eigenvalue weighted by molar-refractivity contribution is 0.122. The summed E-state index contributed by atoms with van der Waals surface area (Å²) in [6, 6.07) is 8.19. The SMILES string of the molecule is CS(=O)(=O)N1CCN(Cc2cc3nc(-c4cccc5[nH]ncc45)nc(N4CCOCC4)c3s2)CC1.CS(=O)(=O)N1CCN(Cc2cn3c(Cl)c(-c4cnc(N)nc4)nc(N4CCOCC4)c3n2)CC1. The Morgan fingerprint density at radius 1 is 0.739 bits per heavy atom. The van der Waals surface area contributed by atoms with Crippen molar-refractivity contribution in [3.05, 3.63) is 64.8 Å². The van der Waals surface area contributed by atoms with Crippen molar-refractivity contribution in [1.82, 2.24) is 62.9 Å². The molecule has 0 atom stereocenters. The average Bonchev–Trinajstić information content (AvgIpc) is 4.11. The predicted molar refractivity (Wildman–Crippen MR) is 265 cm³/mol. The van der Waals surface area contributed by atoms with E-state index in [2.05, 4.69) is 45.8 Å². The van der Waals surface area contributed by atoms with Crippen LogP contribution in [0.5, 0.6) is 0 Å². The molecule has 0 unspecified atom stereocenters. The number of aromatic nitrogens is 9. The van der Waals surface area contributed by atoms with Gasteiger partial charge in [0.2, 0.25) is 26.0 Å². The van der Waals surface area contributed by atoms with E-state index in [-0.39, 0.29) is 5.95 Å². The van der Waals surface area contributed by atoms with Gasteiger partial charge < -0.3 is 25.0 Å². The number of piperazine rings is 2. The molecule has 4 aliphatic rings. The molecule has 0 saturated carbocycles. The maximum absolute atomic E-state index is 11.8. The summed E-state index contributed by atoms with van der Waals surface area (Å²) in [4.78, 5) is 38.1. The molecular formula is C43H53ClN16O6S3. The fourth-order valence-electron chi connectivity index (χ4n) is 8.96. The molecule has 69 heavy (non-hydrogen) atoms. The molecule has 4 saturated heterocycles. The first-order chi connectivity index (χ1) is 33.2. The number of imidazole rings is 1. The Morgan fingerprint density at radius 2 is 1.35 bits per heavy atom. The number of aromatic amines is 1. The van der Waals surface area contributed by atoms with Crippen LogP contribution in [0.1, 0.15) is 10.6 Å². The van der Waals surface area contributed by atoms with Crippen LogP contribution in [0.3, 0.4) is 0 Å². The molecule has 4 aliphatic heterocycles. The second-order valence-electron chi connectivity index (χ2n) is 17.3. The molecule has 0 aliphatic carbocycles. The number of hydrogen-bond acceptors (Lipinski definition) is 19. The van der Waals surface area contributed by atoms with Crippen LogP contribution in [0.2, 0.25) is 5.15 Å². The van der Waals surface area contributed by atoms with Crippen LogP contribution in [-0.2, 0) is 42.6 Å². The summed E-state index contributed by atoms with van der Waals surface area (Å²) in [6.45, 7) is 11.6. The number of nitrogens with two attached hydrogens (primary N) is 1. The second-order valence-corrected chi connectivity index (χ2v) is 22.8. The van der Waals surface area contributed by atoms with E-state index in [1.165, 1.54) is 21.7 Å². The van der Waals surface area contributed by atoms with E-state index >= 15 is 0 Å². The number of thiophene rings is 1. The molecule has 22 nitrogen and oxygen atoms in total. The van der Waals surface area contributed by atoms with Gasteiger partial charge in [-0.15, -0.1) is 11.3 Å². The van der Waals surface area contributed by atoms with E-state index < -0.39 is 20.0 Å². The molecule has 3 N–H and O–H groups in total. The van der Waals surface area contributed by atoms with Crippen molar-refractivity contribution in [3.63, 3.8) is 0 Å². The highest BCUT2D eigenvalue weighted by Crippen LogP contribution is 2.37. The van der Waals surface area contributed by atoms with Crippen molar-refractivity contribution < 1.29 is 26.3 Å². The lowest BCUT2D eigenvalue weighted by Gasteiger charge is -2.32. The van der Waals surface area contributed by atoms with Crippen molar-refractivity contribution in [2.45, 2.75) is 13.1 Å². The van der Waals surface area contributed by atoms with E-state index in [1.54, 1.807) is 28.0 Å². The Bertz CT molecular complexity index is 3180. The lowest BCUT2D eigenvalue weighted by Crippen LogP contribution is -2.47. The standard InChI is InChI=1S/C23H27N7O3S2.C20H26ClN9O3S/c1-35(31,32)30-7-5-28(6-8-30)15-16-13-20-21(34-16)23(29-9-11-33-12-10-29)26-22(25-20)17-3-2-4-19-18(17)14-24-27-19;1-34(31,32)29-4-2-27(3-5-29)12-15-13-30-17(21)16(14-10-23-20(22)24-11-14)26-18(19(30)25-15)28-6-8-33-9-7-28/h2-4,13-14H,5-12,15H2,1H3,(H,24,27);10-11,13H,2-9,12H2,1H3,(H2,22,23,24). The minimum Gasteiger partial charge on any atom is -0.378 e. The highest BCUT2D eigenvalue weighted by atomic mass is 35.5. The molecule has 0 spiro atoms. The van der Waals surface area contributed by atoms with Crippen LogP contribution in [0.15, 0.2) is 49.1 Å². The third-order valence-electron chi connectivity index (χ3n) is 12.6. The van der Waals surface area contributed by atoms with E-state index in [9.17, 15) is 16.8 Å². The quantitative estimate of drug-likeness (QED) is 0.200. The molecule has 0 radical (unpaired) electrons. The number of rotatable bonds is 10. The summed E-state index contributed by atoms with van der Waals surface area (Å²) in [5.74, 6) is 2.53. The van der Waals surface area contributed by atoms with Crippen molar-refractivity contribution in [3.8, 4) is 22.6 Å². The molecular weight excluding hydrogens is 968 g/mol. The molecule has 4 fully saturated rings. The molecule has 11 rings (SSSR count). The van der Waals surface area contributed by atoms with Gasteiger partial charge in [0.15, 0.2) is 23.1 Å². The number of benzene rings is 1. The third-order valence-corrected chi connectivity index (χ3v) is 16.7. The first-order valence-corrected chi connectivity index (χ1v) is 27.5. The van der Waals surface area contributed by atoms with Crippen molar-refractivity contribution in [2.24, 2.45) is 0 Å². The van der Waals surface area contributed by atoms with Gasteiger partial charge in [0.25, 0.3) is 0 Å². The molecule has 1 aromatic carbocycles. The Kier molecular flexibility index (Phi) is 13.7. The van der Waals surface area contributed by atoms with Gasteiger partial charge in [-0.1, -0.05) is 23.7 Å². The summed E-state index contributed by atoms with van der Waals surface area (Å²) in [5, 5.41) is 8.63. The average molecular weight is 1020 g/mol. The third kappa shape index (κ3) is 10.5. The van der Waals surface area contributed by atoms with E-state index in [0.29, 0.717) is 119 Å². The van der Waals surface area contributed by atoms with Crippen molar-refractivity contribution in [2.75, 3.05) is 133 Å². The van der Waals surface area contributed by atoms with Crippen LogP contribution in [0.4, 0.5) is 17.6 Å². The van der Waals surface area contributed by atoms with Gasteiger partial charge in [-0.05, 0) is 12.1 Å². The smallest absolute Gasteiger partial charge is 0.219 e. The number of nitrogens with one attached hydrogen (secondary N) is 1. The number of anilines is 3. The summed E-state index contributed by atoms with van der Waals surface area (Å²) in [7, 11) is -6.31. The van der Waals surface area contributed by atoms with Gasteiger partial charge in [0.05, 0.1) is 66.6 Å². The minimum atomic E-state index is -3.17. The van der Waals surface area contributed by atoms with Crippen molar-refractivity contribution in [1.29, 1.82) is 0 Å². The number of sulfonamides is 2. The predicted octanol–water partition coefficient (Wildman–Crippen LogP) is 2.48. The van der Waals surface area contributed by atoms with Gasteiger partial charge in [0.1, 0.15) is 10.8 Å². The van der Waals surface area contributed by atoms with Gasteiger partial charge in [0, 0.05) is 132 Å². The van der Waals surface area contributed by atoms with Gasteiger partial charge in [-0.3, -0.25) is 19.3 Å². The van der Waals surface area contributed by atoms with Crippen LogP contribution >= 0.6 is 22.9 Å². The van der Waals surface area contributed by atoms with Crippen LogP contribution in [-0.4, -0.2) is 197 Å². The number of nitrogen functional groups attached to an aromatic ring is 1. The highest BCUT2D eigenvalue weighted by molar-refractivity contribution is 7.88. The summed E-state index contributed by atoms with van der Waals surface area (Å²) < 4.78 is 64.4. The summed E-state index contributed by atoms with van der Waals surface area (Å²) >= 11 is 8.52. The fourth-order valence-corrected chi connectivity index (χ4v) is 12.1. The van der Waals surface area contributed by atoms with E-state index in [1.807, 2.05) is 35.0 Å². The molecule has 7 aromatic rings. The number of morpholine rings is 2. The monoisotopic (exact) mass is 1020 g/mol. The zero-order valence-corrected chi connectivity index (χ0v) is 41.4. The highest BCUT2D eigenvalue weighted by Gasteiger charge is 2.28. The Labute approximate surface area is 408 Å². The number of nitrogens with zero attached hydrogens (tertiary/aromatic N) is 14. The number of H-pyrrole nitrogens is 1. The molecule has 0 bridgehead atoms. The fraction of sp³-hybridized carbons (Fsp3) is 0.465. The Hall–Kier alpha value is -5.22. The zero-order valence-electron chi connectivity index (χ0n) is 38.2. The summed E-state index contributed by atoms with van der Waals surface area (Å²) in [6.07, 6.45) is 9.46. The summed E-state index contributed by atoms with van der Waals surface area (Å²) in [5.41, 5.74) is 11.2. The van der Waals surface area contributed by atoms with Crippen LogP contribution in [0.25, 0.3) is 49.4 Å². The molecule has 10 heterocycles. The second kappa shape index (κ2) is 19.9. The maximum Gasteiger partial charge on any atom is 0.219 e.